The lowest BCUT2D eigenvalue weighted by Crippen LogP contribution is -2.12. The molecule has 0 aromatic carbocycles. The first-order valence-electron chi connectivity index (χ1n) is 4.81. The Morgan fingerprint density at radius 3 is 2.87 bits per heavy atom. The maximum absolute atomic E-state index is 11.1. The lowest BCUT2D eigenvalue weighted by Gasteiger charge is -2.00. The molecule has 2 unspecified atom stereocenters. The van der Waals surface area contributed by atoms with Crippen LogP contribution in [0.1, 0.15) is 25.8 Å². The van der Waals surface area contributed by atoms with Crippen LogP contribution in [-0.4, -0.2) is 32.5 Å². The molecular formula is C8H16N4O2S. The van der Waals surface area contributed by atoms with Crippen LogP contribution in [0.3, 0.4) is 0 Å². The molecule has 0 aliphatic carbocycles. The fraction of sp³-hybridized carbons (Fsp3) is 0.750. The van der Waals surface area contributed by atoms with Gasteiger partial charge in [0.1, 0.15) is 0 Å². The average molecular weight is 232 g/mol. The van der Waals surface area contributed by atoms with Gasteiger partial charge in [-0.15, -0.1) is 5.10 Å². The molecule has 6 nitrogen and oxygen atoms in total. The molecule has 0 aliphatic rings. The number of nitrogens with two attached hydrogens (primary N) is 1. The molecule has 1 aromatic heterocycles. The highest BCUT2D eigenvalue weighted by molar-refractivity contribution is 7.84. The van der Waals surface area contributed by atoms with Gasteiger partial charge in [-0.05, 0) is 6.92 Å². The van der Waals surface area contributed by atoms with Crippen molar-refractivity contribution in [2.75, 3.05) is 23.4 Å². The summed E-state index contributed by atoms with van der Waals surface area (Å²) in [5.74, 6) is 1.64. The monoisotopic (exact) mass is 232 g/mol. The molecule has 1 rings (SSSR count). The molecule has 86 valence electrons. The molecule has 1 aromatic rings. The number of hydrogen-bond donors (Lipinski definition) is 2. The van der Waals surface area contributed by atoms with E-state index < -0.39 is 10.8 Å². The molecule has 1 heterocycles. The van der Waals surface area contributed by atoms with Crippen molar-refractivity contribution in [3.8, 4) is 0 Å². The quantitative estimate of drug-likeness (QED) is 0.731. The van der Waals surface area contributed by atoms with E-state index in [1.54, 1.807) is 6.92 Å². The van der Waals surface area contributed by atoms with Gasteiger partial charge in [-0.3, -0.25) is 4.21 Å². The molecule has 2 atom stereocenters. The van der Waals surface area contributed by atoms with Crippen LogP contribution in [0.5, 0.6) is 0 Å². The lowest BCUT2D eigenvalue weighted by atomic mass is 10.4. The summed E-state index contributed by atoms with van der Waals surface area (Å²) < 4.78 is 16.3. The summed E-state index contributed by atoms with van der Waals surface area (Å²) in [4.78, 5) is 0. The van der Waals surface area contributed by atoms with Gasteiger partial charge in [-0.2, -0.15) is 0 Å². The summed E-state index contributed by atoms with van der Waals surface area (Å²) in [5, 5.41) is 10.4. The highest BCUT2D eigenvalue weighted by Crippen LogP contribution is 2.10. The maximum atomic E-state index is 11.1. The number of hydrogen-bond acceptors (Lipinski definition) is 6. The Hall–Kier alpha value is -0.950. The van der Waals surface area contributed by atoms with Crippen LogP contribution in [0.25, 0.3) is 0 Å². The van der Waals surface area contributed by atoms with E-state index in [-0.39, 0.29) is 6.04 Å². The van der Waals surface area contributed by atoms with Crippen LogP contribution in [0.2, 0.25) is 0 Å². The van der Waals surface area contributed by atoms with Gasteiger partial charge in [0.15, 0.2) is 0 Å². The molecule has 7 heteroatoms. The summed E-state index contributed by atoms with van der Waals surface area (Å²) in [6, 6.07) is 0.0632. The summed E-state index contributed by atoms with van der Waals surface area (Å²) >= 11 is 0. The van der Waals surface area contributed by atoms with Crippen molar-refractivity contribution in [2.45, 2.75) is 19.9 Å². The van der Waals surface area contributed by atoms with Crippen molar-refractivity contribution < 1.29 is 8.63 Å². The van der Waals surface area contributed by atoms with Crippen LogP contribution in [0.15, 0.2) is 4.42 Å². The van der Waals surface area contributed by atoms with Crippen molar-refractivity contribution in [1.29, 1.82) is 0 Å². The predicted molar refractivity (Wildman–Crippen MR) is 58.9 cm³/mol. The molecule has 0 spiro atoms. The molecule has 0 fully saturated rings. The minimum atomic E-state index is -0.780. The Bertz CT molecular complexity index is 326. The fourth-order valence-corrected chi connectivity index (χ4v) is 1.52. The lowest BCUT2D eigenvalue weighted by molar-refractivity contribution is 0.473. The van der Waals surface area contributed by atoms with E-state index in [1.165, 1.54) is 0 Å². The standard InChI is InChI=1S/C8H16N4O2S/c1-3-15(13)5-4-10-8-12-11-7(14-8)6(2)9/h6H,3-5,9H2,1-2H3,(H,10,12). The Morgan fingerprint density at radius 1 is 1.60 bits per heavy atom. The summed E-state index contributed by atoms with van der Waals surface area (Å²) in [6.07, 6.45) is 0. The topological polar surface area (TPSA) is 94.0 Å². The second-order valence-electron chi connectivity index (χ2n) is 3.09. The van der Waals surface area contributed by atoms with Gasteiger partial charge in [0.2, 0.25) is 5.89 Å². The van der Waals surface area contributed by atoms with Crippen LogP contribution in [0.4, 0.5) is 6.01 Å². The van der Waals surface area contributed by atoms with Crippen molar-refractivity contribution in [1.82, 2.24) is 10.2 Å². The van der Waals surface area contributed by atoms with Crippen LogP contribution in [0, 0.1) is 0 Å². The number of nitrogens with one attached hydrogen (secondary N) is 1. The summed E-state index contributed by atoms with van der Waals surface area (Å²) in [6.45, 7) is 4.21. The third-order valence-corrected chi connectivity index (χ3v) is 3.06. The second-order valence-corrected chi connectivity index (χ2v) is 4.96. The zero-order chi connectivity index (χ0) is 11.3. The average Bonchev–Trinajstić information content (AvgIpc) is 2.66. The van der Waals surface area contributed by atoms with Crippen LogP contribution in [-0.2, 0) is 10.8 Å². The molecule has 3 N–H and O–H groups in total. The Balaban J connectivity index is 2.34. The molecule has 0 aliphatic heterocycles. The van der Waals surface area contributed by atoms with E-state index in [0.29, 0.717) is 30.0 Å². The SMILES string of the molecule is CCS(=O)CCNc1nnc(C(C)N)o1. The van der Waals surface area contributed by atoms with E-state index in [0.717, 1.165) is 0 Å². The highest BCUT2D eigenvalue weighted by atomic mass is 32.2. The zero-order valence-electron chi connectivity index (χ0n) is 8.90. The van der Waals surface area contributed by atoms with Crippen LogP contribution >= 0.6 is 0 Å². The third kappa shape index (κ3) is 3.96. The van der Waals surface area contributed by atoms with E-state index in [1.807, 2.05) is 6.92 Å². The van der Waals surface area contributed by atoms with Crippen molar-refractivity contribution in [2.24, 2.45) is 5.73 Å². The van der Waals surface area contributed by atoms with Gasteiger partial charge < -0.3 is 15.5 Å². The molecule has 0 saturated carbocycles. The van der Waals surface area contributed by atoms with E-state index >= 15 is 0 Å². The van der Waals surface area contributed by atoms with Gasteiger partial charge in [-0.25, -0.2) is 0 Å². The van der Waals surface area contributed by atoms with E-state index in [2.05, 4.69) is 15.5 Å². The van der Waals surface area contributed by atoms with Crippen molar-refractivity contribution in [3.63, 3.8) is 0 Å². The van der Waals surface area contributed by atoms with Gasteiger partial charge in [0.05, 0.1) is 6.04 Å². The minimum Gasteiger partial charge on any atom is -0.406 e. The molecule has 0 radical (unpaired) electrons. The first-order valence-corrected chi connectivity index (χ1v) is 6.30. The summed E-state index contributed by atoms with van der Waals surface area (Å²) in [7, 11) is -0.780. The number of nitrogens with zero attached hydrogens (tertiary/aromatic N) is 2. The zero-order valence-corrected chi connectivity index (χ0v) is 9.71. The van der Waals surface area contributed by atoms with Gasteiger partial charge in [0.25, 0.3) is 0 Å². The minimum absolute atomic E-state index is 0.266. The largest absolute Gasteiger partial charge is 0.406 e. The molecule has 15 heavy (non-hydrogen) atoms. The Labute approximate surface area is 91.1 Å². The van der Waals surface area contributed by atoms with E-state index in [9.17, 15) is 4.21 Å². The molecule has 0 saturated heterocycles. The van der Waals surface area contributed by atoms with Crippen LogP contribution < -0.4 is 11.1 Å². The second kappa shape index (κ2) is 5.82. The van der Waals surface area contributed by atoms with Gasteiger partial charge >= 0.3 is 6.01 Å². The first-order chi connectivity index (χ1) is 7.13. The normalized spacial score (nSPS) is 14.9. The smallest absolute Gasteiger partial charge is 0.315 e. The highest BCUT2D eigenvalue weighted by Gasteiger charge is 2.09. The molecule has 0 bridgehead atoms. The van der Waals surface area contributed by atoms with E-state index in [4.69, 9.17) is 10.2 Å². The van der Waals surface area contributed by atoms with Gasteiger partial charge in [0, 0.05) is 28.9 Å². The Morgan fingerprint density at radius 2 is 2.33 bits per heavy atom. The predicted octanol–water partition coefficient (Wildman–Crippen LogP) is 0.270. The van der Waals surface area contributed by atoms with Crippen molar-refractivity contribution in [3.05, 3.63) is 5.89 Å². The molecular weight excluding hydrogens is 216 g/mol. The summed E-state index contributed by atoms with van der Waals surface area (Å²) in [5.41, 5.74) is 5.55. The van der Waals surface area contributed by atoms with Gasteiger partial charge in [-0.1, -0.05) is 12.0 Å². The fourth-order valence-electron chi connectivity index (χ4n) is 0.906. The van der Waals surface area contributed by atoms with Crippen molar-refractivity contribution >= 4 is 16.8 Å². The maximum Gasteiger partial charge on any atom is 0.315 e. The first kappa shape index (κ1) is 12.1. The molecule has 0 amide bonds. The number of aromatic nitrogens is 2. The third-order valence-electron chi connectivity index (χ3n) is 1.76. The number of rotatable bonds is 6. The Kier molecular flexibility index (Phi) is 4.70. The number of anilines is 1.